The molecule has 2 aromatic carbocycles. The number of hydrogen-bond donors (Lipinski definition) is 0. The van der Waals surface area contributed by atoms with E-state index in [1.54, 1.807) is 0 Å². The van der Waals surface area contributed by atoms with Gasteiger partial charge in [-0.05, 0) is 5.56 Å². The molecule has 2 heteroatoms. The van der Waals surface area contributed by atoms with Crippen molar-refractivity contribution in [3.63, 3.8) is 0 Å². The molecule has 1 heterocycles. The van der Waals surface area contributed by atoms with E-state index in [0.29, 0.717) is 0 Å². The summed E-state index contributed by atoms with van der Waals surface area (Å²) in [5, 5.41) is 4.39. The molecule has 1 aromatic heterocycles. The summed E-state index contributed by atoms with van der Waals surface area (Å²) in [5.74, 6) is 0. The van der Waals surface area contributed by atoms with Gasteiger partial charge in [0.1, 0.15) is 0 Å². The summed E-state index contributed by atoms with van der Waals surface area (Å²) >= 11 is 0. The lowest BCUT2D eigenvalue weighted by molar-refractivity contribution is 0.776. The lowest BCUT2D eigenvalue weighted by Gasteiger charge is -2.06. The summed E-state index contributed by atoms with van der Waals surface area (Å²) in [4.78, 5) is 0. The highest BCUT2D eigenvalue weighted by atomic mass is 15.3. The second kappa shape index (κ2) is 4.49. The van der Waals surface area contributed by atoms with Gasteiger partial charge in [-0.25, -0.2) is 0 Å². The van der Waals surface area contributed by atoms with Gasteiger partial charge in [0, 0.05) is 18.2 Å². The molecular weight excluding hydrogens is 220 g/mol. The topological polar surface area (TPSA) is 17.8 Å². The van der Waals surface area contributed by atoms with E-state index in [0.717, 1.165) is 5.69 Å². The maximum absolute atomic E-state index is 4.39. The smallest absolute Gasteiger partial charge is 0.0757 e. The van der Waals surface area contributed by atoms with E-state index in [2.05, 4.69) is 53.6 Å². The van der Waals surface area contributed by atoms with Crippen LogP contribution >= 0.6 is 0 Å². The molecular formula is C16H14N2. The molecule has 0 radical (unpaired) electrons. The van der Waals surface area contributed by atoms with E-state index in [4.69, 9.17) is 0 Å². The molecule has 18 heavy (non-hydrogen) atoms. The van der Waals surface area contributed by atoms with Crippen LogP contribution in [0.25, 0.3) is 22.4 Å². The molecule has 0 bridgehead atoms. The normalized spacial score (nSPS) is 10.5. The van der Waals surface area contributed by atoms with Gasteiger partial charge in [-0.1, -0.05) is 60.7 Å². The minimum atomic E-state index is 1.15. The second-order valence-electron chi connectivity index (χ2n) is 4.26. The van der Waals surface area contributed by atoms with Crippen molar-refractivity contribution in [1.29, 1.82) is 0 Å². The van der Waals surface area contributed by atoms with E-state index in [1.807, 2.05) is 30.1 Å². The van der Waals surface area contributed by atoms with E-state index in [9.17, 15) is 0 Å². The van der Waals surface area contributed by atoms with Crippen LogP contribution in [-0.2, 0) is 7.05 Å². The quantitative estimate of drug-likeness (QED) is 0.660. The second-order valence-corrected chi connectivity index (χ2v) is 4.26. The third-order valence-corrected chi connectivity index (χ3v) is 3.07. The predicted molar refractivity (Wildman–Crippen MR) is 74.1 cm³/mol. The van der Waals surface area contributed by atoms with Crippen LogP contribution in [0.1, 0.15) is 0 Å². The van der Waals surface area contributed by atoms with Crippen LogP contribution in [0.5, 0.6) is 0 Å². The minimum Gasteiger partial charge on any atom is -0.267 e. The molecule has 0 saturated carbocycles. The molecule has 0 atom stereocenters. The standard InChI is InChI=1S/C16H14N2/c1-18-16(14-10-6-3-7-11-14)15(12-17-18)13-8-4-2-5-9-13/h2-12H,1H3. The minimum absolute atomic E-state index is 1.15. The molecule has 0 fully saturated rings. The molecule has 0 aliphatic carbocycles. The molecule has 0 spiro atoms. The Bertz CT molecular complexity index is 639. The fourth-order valence-corrected chi connectivity index (χ4v) is 2.20. The summed E-state index contributed by atoms with van der Waals surface area (Å²) < 4.78 is 1.93. The number of nitrogens with zero attached hydrogens (tertiary/aromatic N) is 2. The molecule has 0 N–H and O–H groups in total. The zero-order valence-electron chi connectivity index (χ0n) is 10.2. The van der Waals surface area contributed by atoms with Gasteiger partial charge in [-0.3, -0.25) is 4.68 Å². The first-order chi connectivity index (χ1) is 8.86. The van der Waals surface area contributed by atoms with Crippen LogP contribution in [-0.4, -0.2) is 9.78 Å². The lowest BCUT2D eigenvalue weighted by atomic mass is 10.0. The maximum Gasteiger partial charge on any atom is 0.0757 e. The van der Waals surface area contributed by atoms with Crippen molar-refractivity contribution in [2.75, 3.05) is 0 Å². The van der Waals surface area contributed by atoms with Crippen LogP contribution in [0, 0.1) is 0 Å². The van der Waals surface area contributed by atoms with Crippen molar-refractivity contribution in [2.45, 2.75) is 0 Å². The van der Waals surface area contributed by atoms with Crippen molar-refractivity contribution >= 4 is 0 Å². The van der Waals surface area contributed by atoms with Gasteiger partial charge < -0.3 is 0 Å². The van der Waals surface area contributed by atoms with Gasteiger partial charge >= 0.3 is 0 Å². The Morgan fingerprint density at radius 2 is 1.33 bits per heavy atom. The van der Waals surface area contributed by atoms with E-state index >= 15 is 0 Å². The average molecular weight is 234 g/mol. The van der Waals surface area contributed by atoms with Crippen molar-refractivity contribution in [3.8, 4) is 22.4 Å². The average Bonchev–Trinajstić information content (AvgIpc) is 2.83. The van der Waals surface area contributed by atoms with E-state index in [1.165, 1.54) is 16.7 Å². The predicted octanol–water partition coefficient (Wildman–Crippen LogP) is 3.75. The Morgan fingerprint density at radius 3 is 1.94 bits per heavy atom. The molecule has 0 saturated heterocycles. The maximum atomic E-state index is 4.39. The SMILES string of the molecule is Cn1ncc(-c2ccccc2)c1-c1ccccc1. The summed E-state index contributed by atoms with van der Waals surface area (Å²) in [6.45, 7) is 0. The van der Waals surface area contributed by atoms with Gasteiger partial charge in [0.25, 0.3) is 0 Å². The van der Waals surface area contributed by atoms with Gasteiger partial charge in [-0.15, -0.1) is 0 Å². The number of hydrogen-bond acceptors (Lipinski definition) is 1. The number of aryl methyl sites for hydroxylation is 1. The molecule has 3 aromatic rings. The highest BCUT2D eigenvalue weighted by molar-refractivity contribution is 5.80. The van der Waals surface area contributed by atoms with Gasteiger partial charge in [0.15, 0.2) is 0 Å². The first kappa shape index (κ1) is 10.8. The molecule has 0 unspecified atom stereocenters. The third-order valence-electron chi connectivity index (χ3n) is 3.07. The van der Waals surface area contributed by atoms with Crippen molar-refractivity contribution in [3.05, 3.63) is 66.9 Å². The van der Waals surface area contributed by atoms with Crippen LogP contribution < -0.4 is 0 Å². The van der Waals surface area contributed by atoms with E-state index in [-0.39, 0.29) is 0 Å². The number of aromatic nitrogens is 2. The van der Waals surface area contributed by atoms with E-state index < -0.39 is 0 Å². The molecule has 3 rings (SSSR count). The number of rotatable bonds is 2. The molecule has 0 aliphatic rings. The van der Waals surface area contributed by atoms with Crippen LogP contribution in [0.3, 0.4) is 0 Å². The van der Waals surface area contributed by atoms with Gasteiger partial charge in [-0.2, -0.15) is 5.10 Å². The zero-order valence-corrected chi connectivity index (χ0v) is 10.2. The Labute approximate surface area is 107 Å². The Balaban J connectivity index is 2.19. The molecule has 88 valence electrons. The van der Waals surface area contributed by atoms with Crippen molar-refractivity contribution < 1.29 is 0 Å². The van der Waals surface area contributed by atoms with Crippen LogP contribution in [0.15, 0.2) is 66.9 Å². The highest BCUT2D eigenvalue weighted by Gasteiger charge is 2.11. The first-order valence-corrected chi connectivity index (χ1v) is 5.99. The molecule has 0 aliphatic heterocycles. The Hall–Kier alpha value is -2.35. The Morgan fingerprint density at radius 1 is 0.778 bits per heavy atom. The number of benzene rings is 2. The largest absolute Gasteiger partial charge is 0.267 e. The van der Waals surface area contributed by atoms with Crippen molar-refractivity contribution in [1.82, 2.24) is 9.78 Å². The summed E-state index contributed by atoms with van der Waals surface area (Å²) in [6, 6.07) is 20.7. The fraction of sp³-hybridized carbons (Fsp3) is 0.0625. The molecule has 2 nitrogen and oxygen atoms in total. The van der Waals surface area contributed by atoms with Gasteiger partial charge in [0.2, 0.25) is 0 Å². The highest BCUT2D eigenvalue weighted by Crippen LogP contribution is 2.31. The summed E-state index contributed by atoms with van der Waals surface area (Å²) in [5.41, 5.74) is 4.71. The fourth-order valence-electron chi connectivity index (χ4n) is 2.20. The summed E-state index contributed by atoms with van der Waals surface area (Å²) in [6.07, 6.45) is 1.93. The van der Waals surface area contributed by atoms with Crippen LogP contribution in [0.2, 0.25) is 0 Å². The van der Waals surface area contributed by atoms with Crippen LogP contribution in [0.4, 0.5) is 0 Å². The van der Waals surface area contributed by atoms with Crippen molar-refractivity contribution in [2.24, 2.45) is 7.05 Å². The lowest BCUT2D eigenvalue weighted by Crippen LogP contribution is -1.94. The summed E-state index contributed by atoms with van der Waals surface area (Å²) in [7, 11) is 1.98. The third kappa shape index (κ3) is 1.82. The zero-order chi connectivity index (χ0) is 12.4. The Kier molecular flexibility index (Phi) is 2.69. The monoisotopic (exact) mass is 234 g/mol. The van der Waals surface area contributed by atoms with Gasteiger partial charge in [0.05, 0.1) is 11.9 Å². The molecule has 0 amide bonds. The first-order valence-electron chi connectivity index (χ1n) is 5.99.